The number of carbonyl (C=O) groups excluding carboxylic acids is 1. The van der Waals surface area contributed by atoms with Crippen molar-refractivity contribution in [2.75, 3.05) is 37.6 Å². The van der Waals surface area contributed by atoms with Gasteiger partial charge in [0.15, 0.2) is 0 Å². The Kier molecular flexibility index (Phi) is 5.55. The van der Waals surface area contributed by atoms with Gasteiger partial charge in [0.05, 0.1) is 17.2 Å². The fourth-order valence-electron chi connectivity index (χ4n) is 3.51. The lowest BCUT2D eigenvalue weighted by atomic mass is 10.1. The summed E-state index contributed by atoms with van der Waals surface area (Å²) < 4.78 is 5.68. The molecule has 4 rings (SSSR count). The second-order valence-electron chi connectivity index (χ2n) is 6.58. The molecule has 140 valence electrons. The molecule has 3 aromatic rings. The van der Waals surface area contributed by atoms with Crippen molar-refractivity contribution >= 4 is 22.9 Å². The van der Waals surface area contributed by atoms with Gasteiger partial charge in [0.25, 0.3) is 5.91 Å². The lowest BCUT2D eigenvalue weighted by molar-refractivity contribution is 0.0927. The van der Waals surface area contributed by atoms with Crippen LogP contribution in [0.3, 0.4) is 0 Å². The molecule has 6 heteroatoms. The van der Waals surface area contributed by atoms with Gasteiger partial charge >= 0.3 is 0 Å². The van der Waals surface area contributed by atoms with Crippen LogP contribution in [0.4, 0.5) is 5.69 Å². The van der Waals surface area contributed by atoms with Crippen molar-refractivity contribution in [2.45, 2.75) is 6.04 Å². The summed E-state index contributed by atoms with van der Waals surface area (Å²) >= 11 is 1.46. The highest BCUT2D eigenvalue weighted by Gasteiger charge is 2.27. The van der Waals surface area contributed by atoms with E-state index in [4.69, 9.17) is 4.42 Å². The second kappa shape index (κ2) is 8.41. The van der Waals surface area contributed by atoms with E-state index in [-0.39, 0.29) is 11.9 Å². The summed E-state index contributed by atoms with van der Waals surface area (Å²) in [7, 11) is 0. The summed E-state index contributed by atoms with van der Waals surface area (Å²) in [5.41, 5.74) is 1.26. The Balaban J connectivity index is 1.40. The van der Waals surface area contributed by atoms with Crippen molar-refractivity contribution in [3.05, 3.63) is 76.9 Å². The number of anilines is 1. The Hall–Kier alpha value is -2.57. The predicted molar refractivity (Wildman–Crippen MR) is 108 cm³/mol. The number of nitrogens with one attached hydrogen (secondary N) is 1. The van der Waals surface area contributed by atoms with E-state index in [2.05, 4.69) is 39.4 Å². The standard InChI is InChI=1S/C21H23N3O2S/c25-21(20-9-5-15-27-20)22-16-18(19-8-4-14-26-19)24-12-10-23(11-13-24)17-6-2-1-3-7-17/h1-9,14-15,18H,10-13,16H2,(H,22,25)/t18-/m0/s1. The van der Waals surface area contributed by atoms with Gasteiger partial charge < -0.3 is 14.6 Å². The van der Waals surface area contributed by atoms with E-state index in [9.17, 15) is 4.79 Å². The minimum Gasteiger partial charge on any atom is -0.468 e. The molecule has 1 aliphatic rings. The molecule has 0 bridgehead atoms. The maximum atomic E-state index is 12.3. The summed E-state index contributed by atoms with van der Waals surface area (Å²) in [5, 5.41) is 4.99. The van der Waals surface area contributed by atoms with Crippen LogP contribution in [0.5, 0.6) is 0 Å². The summed E-state index contributed by atoms with van der Waals surface area (Å²) in [5.74, 6) is 0.874. The van der Waals surface area contributed by atoms with Crippen LogP contribution in [0.25, 0.3) is 0 Å². The summed E-state index contributed by atoms with van der Waals surface area (Å²) in [6.07, 6.45) is 1.70. The van der Waals surface area contributed by atoms with Gasteiger partial charge in [-0.3, -0.25) is 9.69 Å². The molecule has 1 saturated heterocycles. The van der Waals surface area contributed by atoms with Crippen molar-refractivity contribution in [1.82, 2.24) is 10.2 Å². The van der Waals surface area contributed by atoms with Crippen molar-refractivity contribution in [1.29, 1.82) is 0 Å². The molecule has 3 heterocycles. The molecule has 1 aromatic carbocycles. The number of benzene rings is 1. The molecule has 1 fully saturated rings. The van der Waals surface area contributed by atoms with Gasteiger partial charge in [0, 0.05) is 38.4 Å². The molecular weight excluding hydrogens is 358 g/mol. The monoisotopic (exact) mass is 381 g/mol. The highest BCUT2D eigenvalue weighted by molar-refractivity contribution is 7.12. The van der Waals surface area contributed by atoms with E-state index in [0.717, 1.165) is 36.8 Å². The van der Waals surface area contributed by atoms with Crippen LogP contribution in [0.15, 0.2) is 70.7 Å². The molecule has 0 saturated carbocycles. The molecular formula is C21H23N3O2S. The molecule has 1 amide bonds. The smallest absolute Gasteiger partial charge is 0.261 e. The summed E-state index contributed by atoms with van der Waals surface area (Å²) in [4.78, 5) is 17.9. The highest BCUT2D eigenvalue weighted by atomic mass is 32.1. The van der Waals surface area contributed by atoms with E-state index in [0.29, 0.717) is 6.54 Å². The Bertz CT molecular complexity index is 826. The first-order valence-corrected chi connectivity index (χ1v) is 10.1. The van der Waals surface area contributed by atoms with Crippen LogP contribution in [0, 0.1) is 0 Å². The Morgan fingerprint density at radius 2 is 1.85 bits per heavy atom. The van der Waals surface area contributed by atoms with Gasteiger partial charge in [-0.2, -0.15) is 0 Å². The number of hydrogen-bond donors (Lipinski definition) is 1. The molecule has 0 spiro atoms. The zero-order valence-electron chi connectivity index (χ0n) is 15.1. The number of carbonyl (C=O) groups is 1. The van der Waals surface area contributed by atoms with Gasteiger partial charge in [-0.05, 0) is 35.7 Å². The zero-order chi connectivity index (χ0) is 18.5. The largest absolute Gasteiger partial charge is 0.468 e. The fraction of sp³-hybridized carbons (Fsp3) is 0.286. The van der Waals surface area contributed by atoms with Gasteiger partial charge in [-0.1, -0.05) is 24.3 Å². The molecule has 0 unspecified atom stereocenters. The number of amides is 1. The summed E-state index contributed by atoms with van der Waals surface area (Å²) in [6.45, 7) is 4.31. The van der Waals surface area contributed by atoms with E-state index in [1.54, 1.807) is 6.26 Å². The quantitative estimate of drug-likeness (QED) is 0.708. The van der Waals surface area contributed by atoms with Crippen molar-refractivity contribution < 1.29 is 9.21 Å². The van der Waals surface area contributed by atoms with Gasteiger partial charge in [0.2, 0.25) is 0 Å². The maximum Gasteiger partial charge on any atom is 0.261 e. The van der Waals surface area contributed by atoms with Crippen LogP contribution in [0.1, 0.15) is 21.5 Å². The molecule has 0 radical (unpaired) electrons. The van der Waals surface area contributed by atoms with Crippen molar-refractivity contribution in [3.63, 3.8) is 0 Å². The van der Waals surface area contributed by atoms with Gasteiger partial charge in [-0.15, -0.1) is 11.3 Å². The number of nitrogens with zero attached hydrogens (tertiary/aromatic N) is 2. The predicted octanol–water partition coefficient (Wildman–Crippen LogP) is 3.63. The van der Waals surface area contributed by atoms with Crippen LogP contribution >= 0.6 is 11.3 Å². The van der Waals surface area contributed by atoms with Crippen molar-refractivity contribution in [2.24, 2.45) is 0 Å². The summed E-state index contributed by atoms with van der Waals surface area (Å²) in [6, 6.07) is 18.2. The van der Waals surface area contributed by atoms with Crippen molar-refractivity contribution in [3.8, 4) is 0 Å². The van der Waals surface area contributed by atoms with E-state index in [1.807, 2.05) is 35.7 Å². The van der Waals surface area contributed by atoms with Crippen LogP contribution in [-0.2, 0) is 0 Å². The van der Waals surface area contributed by atoms with Crippen LogP contribution < -0.4 is 10.2 Å². The zero-order valence-corrected chi connectivity index (χ0v) is 15.9. The van der Waals surface area contributed by atoms with E-state index < -0.39 is 0 Å². The Labute approximate surface area is 163 Å². The lowest BCUT2D eigenvalue weighted by Gasteiger charge is -2.39. The number of para-hydroxylation sites is 1. The first-order valence-electron chi connectivity index (χ1n) is 9.20. The SMILES string of the molecule is O=C(NC[C@@H](c1ccco1)N1CCN(c2ccccc2)CC1)c1cccs1. The van der Waals surface area contributed by atoms with Crippen LogP contribution in [-0.4, -0.2) is 43.5 Å². The minimum atomic E-state index is -0.0236. The first-order chi connectivity index (χ1) is 13.3. The topological polar surface area (TPSA) is 48.7 Å². The van der Waals surface area contributed by atoms with E-state index in [1.165, 1.54) is 17.0 Å². The Morgan fingerprint density at radius 3 is 2.52 bits per heavy atom. The second-order valence-corrected chi connectivity index (χ2v) is 7.52. The van der Waals surface area contributed by atoms with Crippen LogP contribution in [0.2, 0.25) is 0 Å². The normalized spacial score (nSPS) is 16.2. The maximum absolute atomic E-state index is 12.3. The fourth-order valence-corrected chi connectivity index (χ4v) is 4.15. The number of piperazine rings is 1. The average molecular weight is 382 g/mol. The lowest BCUT2D eigenvalue weighted by Crippen LogP contribution is -2.49. The van der Waals surface area contributed by atoms with E-state index >= 15 is 0 Å². The third-order valence-corrected chi connectivity index (χ3v) is 5.82. The first kappa shape index (κ1) is 17.8. The minimum absolute atomic E-state index is 0.0236. The molecule has 5 nitrogen and oxygen atoms in total. The molecule has 1 aliphatic heterocycles. The number of furan rings is 1. The third-order valence-electron chi connectivity index (χ3n) is 4.95. The molecule has 0 aliphatic carbocycles. The van der Waals surface area contributed by atoms with Gasteiger partial charge in [0.1, 0.15) is 5.76 Å². The molecule has 1 atom stereocenters. The highest BCUT2D eigenvalue weighted by Crippen LogP contribution is 2.24. The molecule has 1 N–H and O–H groups in total. The average Bonchev–Trinajstić information content (AvgIpc) is 3.44. The van der Waals surface area contributed by atoms with Gasteiger partial charge in [-0.25, -0.2) is 0 Å². The molecule has 2 aromatic heterocycles. The third kappa shape index (κ3) is 4.23. The molecule has 27 heavy (non-hydrogen) atoms. The number of hydrogen-bond acceptors (Lipinski definition) is 5. The Morgan fingerprint density at radius 1 is 1.04 bits per heavy atom. The number of thiophene rings is 1. The number of rotatable bonds is 6.